The number of amides is 2. The van der Waals surface area contributed by atoms with Crippen molar-refractivity contribution in [3.8, 4) is 11.1 Å². The quantitative estimate of drug-likeness (QED) is 0.425. The van der Waals surface area contributed by atoms with Crippen LogP contribution in [0.3, 0.4) is 0 Å². The number of nitrogens with zero attached hydrogens (tertiary/aromatic N) is 3. The van der Waals surface area contributed by atoms with Crippen LogP contribution in [0.4, 0.5) is 5.69 Å². The molecule has 2 aromatic rings. The van der Waals surface area contributed by atoms with Crippen molar-refractivity contribution in [2.24, 2.45) is 0 Å². The average Bonchev–Trinajstić information content (AvgIpc) is 2.81. The monoisotopic (exact) mass is 437 g/mol. The molecule has 1 aliphatic rings. The molecular weight excluding hydrogens is 410 g/mol. The normalized spacial score (nSPS) is 14.2. The van der Waals surface area contributed by atoms with Crippen LogP contribution in [0.5, 0.6) is 0 Å². The van der Waals surface area contributed by atoms with Gasteiger partial charge in [-0.3, -0.25) is 19.7 Å². The van der Waals surface area contributed by atoms with E-state index in [0.29, 0.717) is 37.3 Å². The molecule has 0 aromatic heterocycles. The molecule has 1 heterocycles. The van der Waals surface area contributed by atoms with Gasteiger partial charge in [-0.1, -0.05) is 50.2 Å². The predicted octanol–water partition coefficient (Wildman–Crippen LogP) is 3.06. The molecule has 1 fully saturated rings. The second-order valence-electron chi connectivity index (χ2n) is 7.94. The third kappa shape index (κ3) is 5.03. The molecule has 0 spiro atoms. The Bertz CT molecular complexity index is 1040. The van der Waals surface area contributed by atoms with Gasteiger partial charge in [0.2, 0.25) is 11.8 Å². The number of hydrogen-bond donors (Lipinski definition) is 1. The fourth-order valence-corrected chi connectivity index (χ4v) is 3.91. The Balaban J connectivity index is 1.90. The van der Waals surface area contributed by atoms with Crippen molar-refractivity contribution < 1.29 is 19.6 Å². The summed E-state index contributed by atoms with van der Waals surface area (Å²) in [5, 5.41) is 20.8. The Hall–Kier alpha value is -3.52. The van der Waals surface area contributed by atoms with Crippen LogP contribution in [0.2, 0.25) is 0 Å². The van der Waals surface area contributed by atoms with Crippen molar-refractivity contribution >= 4 is 23.6 Å². The minimum absolute atomic E-state index is 0.0103. The number of nitro groups is 1. The summed E-state index contributed by atoms with van der Waals surface area (Å²) in [5.74, 6) is -0.407. The maximum Gasteiger partial charge on any atom is 0.277 e. The molecule has 8 nitrogen and oxygen atoms in total. The van der Waals surface area contributed by atoms with Crippen LogP contribution in [0, 0.1) is 10.1 Å². The Morgan fingerprint density at radius 1 is 1.06 bits per heavy atom. The predicted molar refractivity (Wildman–Crippen MR) is 122 cm³/mol. The standard InChI is InChI=1S/C24H27N3O5/c1-17(2)19-7-3-4-8-20(19)24-18(6-5-9-21(24)27(31)32)10-11-22(29)25-12-14-26(15-13-25)23(30)16-28/h3-11,17,28H,12-16H2,1-2H3/b11-10+. The minimum Gasteiger partial charge on any atom is -0.387 e. The van der Waals surface area contributed by atoms with E-state index in [1.165, 1.54) is 17.0 Å². The summed E-state index contributed by atoms with van der Waals surface area (Å²) < 4.78 is 0. The Morgan fingerprint density at radius 3 is 2.34 bits per heavy atom. The lowest BCUT2D eigenvalue weighted by Gasteiger charge is -2.33. The van der Waals surface area contributed by atoms with Gasteiger partial charge in [-0.25, -0.2) is 0 Å². The summed E-state index contributed by atoms with van der Waals surface area (Å²) in [4.78, 5) is 38.8. The number of carbonyl (C=O) groups excluding carboxylic acids is 2. The molecule has 32 heavy (non-hydrogen) atoms. The highest BCUT2D eigenvalue weighted by Gasteiger charge is 2.24. The van der Waals surface area contributed by atoms with Gasteiger partial charge in [0.05, 0.1) is 10.5 Å². The molecule has 2 amide bonds. The lowest BCUT2D eigenvalue weighted by Crippen LogP contribution is -2.50. The van der Waals surface area contributed by atoms with Gasteiger partial charge in [-0.2, -0.15) is 0 Å². The summed E-state index contributed by atoms with van der Waals surface area (Å²) in [6, 6.07) is 12.4. The molecule has 168 valence electrons. The van der Waals surface area contributed by atoms with Crippen molar-refractivity contribution in [2.45, 2.75) is 19.8 Å². The first-order valence-electron chi connectivity index (χ1n) is 10.6. The number of carbonyl (C=O) groups is 2. The van der Waals surface area contributed by atoms with Gasteiger partial charge in [0.1, 0.15) is 6.61 Å². The Kier molecular flexibility index (Phi) is 7.37. The molecule has 8 heteroatoms. The molecule has 1 aliphatic heterocycles. The van der Waals surface area contributed by atoms with Crippen molar-refractivity contribution in [3.05, 3.63) is 69.8 Å². The highest BCUT2D eigenvalue weighted by molar-refractivity contribution is 5.94. The van der Waals surface area contributed by atoms with E-state index < -0.39 is 11.5 Å². The fraction of sp³-hybridized carbons (Fsp3) is 0.333. The largest absolute Gasteiger partial charge is 0.387 e. The van der Waals surface area contributed by atoms with Gasteiger partial charge in [0.25, 0.3) is 5.69 Å². The van der Waals surface area contributed by atoms with E-state index in [9.17, 15) is 19.7 Å². The SMILES string of the molecule is CC(C)c1ccccc1-c1c(/C=C/C(=O)N2CCN(C(=O)CO)CC2)cccc1[N+](=O)[O-]. The van der Waals surface area contributed by atoms with Crippen molar-refractivity contribution in [1.82, 2.24) is 9.80 Å². The minimum atomic E-state index is -0.540. The van der Waals surface area contributed by atoms with Gasteiger partial charge in [0.15, 0.2) is 0 Å². The van der Waals surface area contributed by atoms with E-state index in [2.05, 4.69) is 0 Å². The number of piperazine rings is 1. The number of aliphatic hydroxyl groups excluding tert-OH is 1. The number of benzene rings is 2. The first-order valence-corrected chi connectivity index (χ1v) is 10.6. The van der Waals surface area contributed by atoms with Gasteiger partial charge in [-0.05, 0) is 28.7 Å². The van der Waals surface area contributed by atoms with Crippen molar-refractivity contribution in [2.75, 3.05) is 32.8 Å². The molecule has 0 unspecified atom stereocenters. The third-order valence-electron chi connectivity index (χ3n) is 5.61. The van der Waals surface area contributed by atoms with Crippen LogP contribution in [-0.4, -0.2) is 64.4 Å². The molecule has 1 N–H and O–H groups in total. The van der Waals surface area contributed by atoms with Crippen LogP contribution < -0.4 is 0 Å². The van der Waals surface area contributed by atoms with Gasteiger partial charge >= 0.3 is 0 Å². The second kappa shape index (κ2) is 10.2. The number of aliphatic hydroxyl groups is 1. The van der Waals surface area contributed by atoms with Gasteiger partial charge < -0.3 is 14.9 Å². The molecule has 0 bridgehead atoms. The number of hydrogen-bond acceptors (Lipinski definition) is 5. The summed E-state index contributed by atoms with van der Waals surface area (Å²) in [7, 11) is 0. The average molecular weight is 437 g/mol. The van der Waals surface area contributed by atoms with E-state index in [1.807, 2.05) is 38.1 Å². The van der Waals surface area contributed by atoms with E-state index in [1.54, 1.807) is 23.1 Å². The first kappa shape index (κ1) is 23.1. The van der Waals surface area contributed by atoms with Crippen LogP contribution in [0.25, 0.3) is 17.2 Å². The van der Waals surface area contributed by atoms with E-state index >= 15 is 0 Å². The molecule has 0 radical (unpaired) electrons. The van der Waals surface area contributed by atoms with Crippen LogP contribution in [-0.2, 0) is 9.59 Å². The molecule has 2 aromatic carbocycles. The molecule has 0 aliphatic carbocycles. The second-order valence-corrected chi connectivity index (χ2v) is 7.94. The maximum atomic E-state index is 12.7. The zero-order chi connectivity index (χ0) is 23.3. The number of nitro benzene ring substituents is 1. The lowest BCUT2D eigenvalue weighted by molar-refractivity contribution is -0.384. The summed E-state index contributed by atoms with van der Waals surface area (Å²) in [6.45, 7) is 4.99. The summed E-state index contributed by atoms with van der Waals surface area (Å²) in [6.07, 6.45) is 3.04. The fourth-order valence-electron chi connectivity index (χ4n) is 3.91. The Labute approximate surface area is 186 Å². The maximum absolute atomic E-state index is 12.7. The zero-order valence-corrected chi connectivity index (χ0v) is 18.2. The molecule has 0 atom stereocenters. The van der Waals surface area contributed by atoms with Crippen LogP contribution >= 0.6 is 0 Å². The van der Waals surface area contributed by atoms with Gasteiger partial charge in [-0.15, -0.1) is 0 Å². The van der Waals surface area contributed by atoms with E-state index in [-0.39, 0.29) is 23.4 Å². The highest BCUT2D eigenvalue weighted by atomic mass is 16.6. The molecular formula is C24H27N3O5. The topological polar surface area (TPSA) is 104 Å². The van der Waals surface area contributed by atoms with E-state index in [4.69, 9.17) is 5.11 Å². The molecule has 0 saturated carbocycles. The zero-order valence-electron chi connectivity index (χ0n) is 18.2. The van der Waals surface area contributed by atoms with Crippen LogP contribution in [0.15, 0.2) is 48.5 Å². The highest BCUT2D eigenvalue weighted by Crippen LogP contribution is 2.38. The van der Waals surface area contributed by atoms with Crippen LogP contribution in [0.1, 0.15) is 30.9 Å². The first-order chi connectivity index (χ1) is 15.3. The molecule has 3 rings (SSSR count). The third-order valence-corrected chi connectivity index (χ3v) is 5.61. The van der Waals surface area contributed by atoms with E-state index in [0.717, 1.165) is 11.1 Å². The Morgan fingerprint density at radius 2 is 1.72 bits per heavy atom. The lowest BCUT2D eigenvalue weighted by atomic mass is 9.89. The molecule has 1 saturated heterocycles. The van der Waals surface area contributed by atoms with Crippen molar-refractivity contribution in [1.29, 1.82) is 0 Å². The van der Waals surface area contributed by atoms with Gasteiger partial charge in [0, 0.05) is 38.3 Å². The van der Waals surface area contributed by atoms with Crippen molar-refractivity contribution in [3.63, 3.8) is 0 Å². The summed E-state index contributed by atoms with van der Waals surface area (Å²) >= 11 is 0. The number of rotatable bonds is 6. The summed E-state index contributed by atoms with van der Waals surface area (Å²) in [5.41, 5.74) is 2.84. The smallest absolute Gasteiger partial charge is 0.277 e.